The van der Waals surface area contributed by atoms with E-state index in [1.807, 2.05) is 31.3 Å². The van der Waals surface area contributed by atoms with Crippen molar-refractivity contribution < 1.29 is 0 Å². The fraction of sp³-hybridized carbons (Fsp3) is 0.150. The van der Waals surface area contributed by atoms with Crippen molar-refractivity contribution in [1.82, 2.24) is 4.57 Å². The van der Waals surface area contributed by atoms with Gasteiger partial charge in [-0.15, -0.1) is 0 Å². The Hall–Kier alpha value is -1.59. The third-order valence-corrected chi connectivity index (χ3v) is 5.19. The van der Waals surface area contributed by atoms with Gasteiger partial charge < -0.3 is 4.57 Å². The van der Waals surface area contributed by atoms with Crippen molar-refractivity contribution in [1.29, 1.82) is 0 Å². The van der Waals surface area contributed by atoms with E-state index in [-0.39, 0.29) is 0 Å². The average Bonchev–Trinajstić information content (AvgIpc) is 2.84. The third kappa shape index (κ3) is 3.57. The summed E-state index contributed by atoms with van der Waals surface area (Å²) in [4.78, 5) is 4.58. The monoisotopic (exact) mass is 448 g/mol. The Balaban J connectivity index is 1.95. The molecule has 0 aliphatic carbocycles. The molecule has 0 saturated heterocycles. The van der Waals surface area contributed by atoms with Gasteiger partial charge in [0.1, 0.15) is 0 Å². The fourth-order valence-electron chi connectivity index (χ4n) is 2.71. The van der Waals surface area contributed by atoms with E-state index in [4.69, 9.17) is 11.6 Å². The molecule has 0 bridgehead atoms. The standard InChI is InChI=1S/C20H18ClIN2/c1-13-4-7-18(11-20(13)21)23-12-16-10-14(2)24(15(16)3)19-8-5-17(22)6-9-19/h4-12H,1-3H3. The number of aryl methyl sites for hydroxylation is 2. The Morgan fingerprint density at radius 3 is 2.38 bits per heavy atom. The van der Waals surface area contributed by atoms with Gasteiger partial charge in [0.15, 0.2) is 0 Å². The van der Waals surface area contributed by atoms with Gasteiger partial charge >= 0.3 is 0 Å². The molecular formula is C20H18ClIN2. The normalized spacial score (nSPS) is 11.4. The van der Waals surface area contributed by atoms with Gasteiger partial charge in [0.2, 0.25) is 0 Å². The molecule has 1 aromatic heterocycles. The lowest BCUT2D eigenvalue weighted by atomic mass is 10.2. The van der Waals surface area contributed by atoms with Crippen LogP contribution in [0, 0.1) is 24.3 Å². The van der Waals surface area contributed by atoms with E-state index in [0.29, 0.717) is 0 Å². The van der Waals surface area contributed by atoms with Gasteiger partial charge in [0, 0.05) is 37.4 Å². The van der Waals surface area contributed by atoms with Crippen LogP contribution in [0.3, 0.4) is 0 Å². The molecule has 0 spiro atoms. The van der Waals surface area contributed by atoms with Gasteiger partial charge in [-0.05, 0) is 91.4 Å². The summed E-state index contributed by atoms with van der Waals surface area (Å²) in [6.45, 7) is 6.23. The molecule has 2 nitrogen and oxygen atoms in total. The van der Waals surface area contributed by atoms with E-state index >= 15 is 0 Å². The largest absolute Gasteiger partial charge is 0.318 e. The van der Waals surface area contributed by atoms with E-state index in [9.17, 15) is 0 Å². The Bertz CT molecular complexity index is 908. The van der Waals surface area contributed by atoms with E-state index in [0.717, 1.165) is 21.8 Å². The summed E-state index contributed by atoms with van der Waals surface area (Å²) in [7, 11) is 0. The van der Waals surface area contributed by atoms with Gasteiger partial charge in [0.05, 0.1) is 5.69 Å². The molecule has 3 rings (SSSR count). The number of benzene rings is 2. The highest BCUT2D eigenvalue weighted by Crippen LogP contribution is 2.24. The molecule has 3 aromatic rings. The van der Waals surface area contributed by atoms with Crippen LogP contribution in [0.1, 0.15) is 22.5 Å². The Labute approximate surface area is 161 Å². The van der Waals surface area contributed by atoms with Crippen LogP contribution in [-0.2, 0) is 0 Å². The van der Waals surface area contributed by atoms with Crippen LogP contribution in [0.25, 0.3) is 5.69 Å². The first-order chi connectivity index (χ1) is 11.5. The van der Waals surface area contributed by atoms with Crippen molar-refractivity contribution in [2.24, 2.45) is 4.99 Å². The van der Waals surface area contributed by atoms with Crippen molar-refractivity contribution in [3.05, 3.63) is 79.6 Å². The van der Waals surface area contributed by atoms with E-state index < -0.39 is 0 Å². The summed E-state index contributed by atoms with van der Waals surface area (Å²) >= 11 is 8.49. The molecule has 0 unspecified atom stereocenters. The number of hydrogen-bond donors (Lipinski definition) is 0. The van der Waals surface area contributed by atoms with Gasteiger partial charge in [-0.25, -0.2) is 0 Å². The lowest BCUT2D eigenvalue weighted by Gasteiger charge is -2.09. The maximum absolute atomic E-state index is 6.17. The first-order valence-corrected chi connectivity index (χ1v) is 9.16. The Morgan fingerprint density at radius 1 is 1.00 bits per heavy atom. The fourth-order valence-corrected chi connectivity index (χ4v) is 3.25. The van der Waals surface area contributed by atoms with Crippen LogP contribution in [0.4, 0.5) is 5.69 Å². The van der Waals surface area contributed by atoms with Crippen LogP contribution >= 0.6 is 34.2 Å². The van der Waals surface area contributed by atoms with Crippen molar-refractivity contribution in [2.45, 2.75) is 20.8 Å². The number of aliphatic imine (C=N–C) groups is 1. The molecule has 0 aliphatic rings. The maximum Gasteiger partial charge on any atom is 0.0644 e. The Kier molecular flexibility index (Phi) is 5.11. The molecule has 0 fully saturated rings. The number of aromatic nitrogens is 1. The topological polar surface area (TPSA) is 17.3 Å². The summed E-state index contributed by atoms with van der Waals surface area (Å²) in [5.41, 5.74) is 6.58. The highest BCUT2D eigenvalue weighted by molar-refractivity contribution is 14.1. The van der Waals surface area contributed by atoms with Gasteiger partial charge in [-0.1, -0.05) is 17.7 Å². The minimum atomic E-state index is 0.744. The molecule has 0 N–H and O–H groups in total. The molecule has 0 saturated carbocycles. The highest BCUT2D eigenvalue weighted by Gasteiger charge is 2.09. The average molecular weight is 449 g/mol. The van der Waals surface area contributed by atoms with Crippen molar-refractivity contribution in [2.75, 3.05) is 0 Å². The predicted molar refractivity (Wildman–Crippen MR) is 111 cm³/mol. The first-order valence-electron chi connectivity index (χ1n) is 7.71. The van der Waals surface area contributed by atoms with Crippen LogP contribution in [-0.4, -0.2) is 10.8 Å². The highest BCUT2D eigenvalue weighted by atomic mass is 127. The molecule has 24 heavy (non-hydrogen) atoms. The Morgan fingerprint density at radius 2 is 1.71 bits per heavy atom. The second-order valence-corrected chi connectivity index (χ2v) is 7.48. The van der Waals surface area contributed by atoms with E-state index in [1.54, 1.807) is 0 Å². The summed E-state index contributed by atoms with van der Waals surface area (Å²) in [6.07, 6.45) is 1.91. The smallest absolute Gasteiger partial charge is 0.0644 e. The summed E-state index contributed by atoms with van der Waals surface area (Å²) < 4.78 is 3.48. The van der Waals surface area contributed by atoms with Crippen molar-refractivity contribution in [3.8, 4) is 5.69 Å². The van der Waals surface area contributed by atoms with Crippen molar-refractivity contribution in [3.63, 3.8) is 0 Å². The van der Waals surface area contributed by atoms with Crippen LogP contribution in [0.5, 0.6) is 0 Å². The first kappa shape index (κ1) is 17.2. The summed E-state index contributed by atoms with van der Waals surface area (Å²) in [5.74, 6) is 0. The summed E-state index contributed by atoms with van der Waals surface area (Å²) in [6, 6.07) is 16.6. The number of hydrogen-bond acceptors (Lipinski definition) is 1. The molecule has 2 aromatic carbocycles. The van der Waals surface area contributed by atoms with E-state index in [2.05, 4.69) is 76.3 Å². The quantitative estimate of drug-likeness (QED) is 0.325. The van der Waals surface area contributed by atoms with Crippen molar-refractivity contribution >= 4 is 46.1 Å². The van der Waals surface area contributed by atoms with Gasteiger partial charge in [-0.2, -0.15) is 0 Å². The zero-order valence-electron chi connectivity index (χ0n) is 13.8. The maximum atomic E-state index is 6.17. The lowest BCUT2D eigenvalue weighted by Crippen LogP contribution is -1.99. The zero-order chi connectivity index (χ0) is 17.3. The molecule has 122 valence electrons. The van der Waals surface area contributed by atoms with Crippen LogP contribution < -0.4 is 0 Å². The minimum absolute atomic E-state index is 0.744. The molecule has 0 radical (unpaired) electrons. The van der Waals surface area contributed by atoms with E-state index in [1.165, 1.54) is 20.6 Å². The summed E-state index contributed by atoms with van der Waals surface area (Å²) in [5, 5.41) is 0.744. The van der Waals surface area contributed by atoms with Crippen LogP contribution in [0.15, 0.2) is 53.5 Å². The molecule has 4 heteroatoms. The van der Waals surface area contributed by atoms with Gasteiger partial charge in [0.25, 0.3) is 0 Å². The zero-order valence-corrected chi connectivity index (χ0v) is 16.8. The van der Waals surface area contributed by atoms with Crippen LogP contribution in [0.2, 0.25) is 5.02 Å². The second kappa shape index (κ2) is 7.11. The number of rotatable bonds is 3. The SMILES string of the molecule is Cc1ccc(N=Cc2cc(C)n(-c3ccc(I)cc3)c2C)cc1Cl. The predicted octanol–water partition coefficient (Wildman–Crippen LogP) is 6.41. The molecular weight excluding hydrogens is 431 g/mol. The second-order valence-electron chi connectivity index (χ2n) is 5.83. The molecule has 0 atom stereocenters. The number of nitrogens with zero attached hydrogens (tertiary/aromatic N) is 2. The third-order valence-electron chi connectivity index (χ3n) is 4.06. The number of halogens is 2. The lowest BCUT2D eigenvalue weighted by molar-refractivity contribution is 0.964. The molecule has 0 amide bonds. The van der Waals surface area contributed by atoms with Gasteiger partial charge in [-0.3, -0.25) is 4.99 Å². The minimum Gasteiger partial charge on any atom is -0.318 e. The molecule has 1 heterocycles. The molecule has 0 aliphatic heterocycles.